The molecule has 2 rings (SSSR count). The molecule has 27 heavy (non-hydrogen) atoms. The van der Waals surface area contributed by atoms with Crippen molar-refractivity contribution in [1.29, 1.82) is 0 Å². The quantitative estimate of drug-likeness (QED) is 0.526. The predicted molar refractivity (Wildman–Crippen MR) is 102 cm³/mol. The monoisotopic (exact) mass is 389 g/mol. The molecule has 1 N–H and O–H groups in total. The second-order valence-corrected chi connectivity index (χ2v) is 7.86. The minimum atomic E-state index is -3.68. The van der Waals surface area contributed by atoms with Crippen LogP contribution < -0.4 is 4.72 Å². The van der Waals surface area contributed by atoms with Gasteiger partial charge in [0.2, 0.25) is 10.0 Å². The van der Waals surface area contributed by atoms with E-state index in [-0.39, 0.29) is 30.3 Å². The third kappa shape index (κ3) is 6.30. The average molecular weight is 389 g/mol. The molecule has 0 aliphatic carbocycles. The Bertz CT molecular complexity index is 887. The molecule has 0 saturated carbocycles. The fourth-order valence-corrected chi connectivity index (χ4v) is 3.35. The number of sulfonamides is 1. The zero-order chi connectivity index (χ0) is 19.9. The zero-order valence-electron chi connectivity index (χ0n) is 15.4. The van der Waals surface area contributed by atoms with Crippen LogP contribution in [0.25, 0.3) is 0 Å². The number of carbonyl (C=O) groups excluding carboxylic acids is 2. The van der Waals surface area contributed by atoms with Gasteiger partial charge in [-0.3, -0.25) is 9.59 Å². The molecule has 0 atom stereocenters. The largest absolute Gasteiger partial charge is 0.457 e. The van der Waals surface area contributed by atoms with Gasteiger partial charge in [-0.15, -0.1) is 0 Å². The number of aryl methyl sites for hydroxylation is 2. The van der Waals surface area contributed by atoms with E-state index in [4.69, 9.17) is 4.74 Å². The molecule has 0 aliphatic heterocycles. The second-order valence-electron chi connectivity index (χ2n) is 6.10. The lowest BCUT2D eigenvalue weighted by atomic mass is 10.1. The van der Waals surface area contributed by atoms with Crippen LogP contribution in [0.5, 0.6) is 0 Å². The number of esters is 1. The SMILES string of the molecule is CCc1ccc(C(=O)COC(=O)CCNS(=O)(=O)c2ccc(C)cc2)cc1. The van der Waals surface area contributed by atoms with Crippen molar-refractivity contribution < 1.29 is 22.7 Å². The number of ketones is 1. The maximum Gasteiger partial charge on any atom is 0.307 e. The van der Waals surface area contributed by atoms with Gasteiger partial charge in [0.25, 0.3) is 0 Å². The van der Waals surface area contributed by atoms with Crippen molar-refractivity contribution in [3.05, 3.63) is 65.2 Å². The molecule has 2 aromatic carbocycles. The van der Waals surface area contributed by atoms with Gasteiger partial charge in [0.05, 0.1) is 11.3 Å². The molecular weight excluding hydrogens is 366 g/mol. The van der Waals surface area contributed by atoms with E-state index in [0.29, 0.717) is 5.56 Å². The molecule has 0 spiro atoms. The maximum atomic E-state index is 12.1. The molecule has 0 fully saturated rings. The standard InChI is InChI=1S/C20H23NO5S/c1-3-16-6-8-17(9-7-16)19(22)14-26-20(23)12-13-21-27(24,25)18-10-4-15(2)5-11-18/h4-11,21H,3,12-14H2,1-2H3. The van der Waals surface area contributed by atoms with Crippen molar-refractivity contribution in [3.8, 4) is 0 Å². The third-order valence-corrected chi connectivity index (χ3v) is 5.48. The number of rotatable bonds is 9. The minimum Gasteiger partial charge on any atom is -0.457 e. The summed E-state index contributed by atoms with van der Waals surface area (Å²) in [6.45, 7) is 3.41. The highest BCUT2D eigenvalue weighted by atomic mass is 32.2. The highest BCUT2D eigenvalue weighted by Gasteiger charge is 2.15. The van der Waals surface area contributed by atoms with Gasteiger partial charge in [0, 0.05) is 12.1 Å². The number of ether oxygens (including phenoxy) is 1. The van der Waals surface area contributed by atoms with Crippen molar-refractivity contribution in [3.63, 3.8) is 0 Å². The Morgan fingerprint density at radius 1 is 1.00 bits per heavy atom. The molecule has 0 unspecified atom stereocenters. The number of Topliss-reactive ketones (excluding diaryl/α,β-unsaturated/α-hetero) is 1. The van der Waals surface area contributed by atoms with Crippen molar-refractivity contribution in [2.75, 3.05) is 13.2 Å². The summed E-state index contributed by atoms with van der Waals surface area (Å²) in [6.07, 6.45) is 0.717. The normalized spacial score (nSPS) is 11.2. The van der Waals surface area contributed by atoms with Gasteiger partial charge in [-0.25, -0.2) is 13.1 Å². The molecule has 2 aromatic rings. The summed E-state index contributed by atoms with van der Waals surface area (Å²) in [5, 5.41) is 0. The molecule has 0 aromatic heterocycles. The Hall–Kier alpha value is -2.51. The molecular formula is C20H23NO5S. The van der Waals surface area contributed by atoms with Crippen molar-refractivity contribution in [2.24, 2.45) is 0 Å². The first-order valence-electron chi connectivity index (χ1n) is 8.66. The highest BCUT2D eigenvalue weighted by molar-refractivity contribution is 7.89. The smallest absolute Gasteiger partial charge is 0.307 e. The molecule has 0 aliphatic rings. The van der Waals surface area contributed by atoms with E-state index in [0.717, 1.165) is 17.5 Å². The Morgan fingerprint density at radius 2 is 1.63 bits per heavy atom. The predicted octanol–water partition coefficient (Wildman–Crippen LogP) is 2.65. The number of benzene rings is 2. The Morgan fingerprint density at radius 3 is 2.22 bits per heavy atom. The number of hydrogen-bond donors (Lipinski definition) is 1. The first kappa shape index (κ1) is 20.8. The van der Waals surface area contributed by atoms with Crippen LogP contribution in [-0.4, -0.2) is 33.3 Å². The molecule has 0 radical (unpaired) electrons. The average Bonchev–Trinajstić information content (AvgIpc) is 2.66. The Balaban J connectivity index is 1.77. The van der Waals surface area contributed by atoms with Gasteiger partial charge in [-0.05, 0) is 31.0 Å². The van der Waals surface area contributed by atoms with Crippen LogP contribution in [0.1, 0.15) is 34.8 Å². The molecule has 6 nitrogen and oxygen atoms in total. The van der Waals surface area contributed by atoms with Gasteiger partial charge >= 0.3 is 5.97 Å². The van der Waals surface area contributed by atoms with Crippen LogP contribution in [0.4, 0.5) is 0 Å². The summed E-state index contributed by atoms with van der Waals surface area (Å²) in [5.74, 6) is -0.939. The summed E-state index contributed by atoms with van der Waals surface area (Å²) in [7, 11) is -3.68. The Kier molecular flexibility index (Phi) is 7.27. The summed E-state index contributed by atoms with van der Waals surface area (Å²) >= 11 is 0. The summed E-state index contributed by atoms with van der Waals surface area (Å²) in [6, 6.07) is 13.5. The molecule has 0 saturated heterocycles. The molecule has 0 heterocycles. The minimum absolute atomic E-state index is 0.103. The number of carbonyl (C=O) groups is 2. The molecule has 144 valence electrons. The zero-order valence-corrected chi connectivity index (χ0v) is 16.2. The Labute approximate surface area is 159 Å². The lowest BCUT2D eigenvalue weighted by Crippen LogP contribution is -2.27. The van der Waals surface area contributed by atoms with E-state index in [1.807, 2.05) is 26.0 Å². The highest BCUT2D eigenvalue weighted by Crippen LogP contribution is 2.10. The van der Waals surface area contributed by atoms with Crippen LogP contribution in [-0.2, 0) is 26.0 Å². The second kappa shape index (κ2) is 9.43. The fourth-order valence-electron chi connectivity index (χ4n) is 2.32. The van der Waals surface area contributed by atoms with Gasteiger partial charge in [0.15, 0.2) is 12.4 Å². The van der Waals surface area contributed by atoms with Crippen LogP contribution in [0.15, 0.2) is 53.4 Å². The lowest BCUT2D eigenvalue weighted by Gasteiger charge is -2.08. The van der Waals surface area contributed by atoms with E-state index in [2.05, 4.69) is 4.72 Å². The molecule has 0 amide bonds. The van der Waals surface area contributed by atoms with Crippen molar-refractivity contribution in [2.45, 2.75) is 31.6 Å². The summed E-state index contributed by atoms with van der Waals surface area (Å²) < 4.78 is 31.5. The van der Waals surface area contributed by atoms with Crippen molar-refractivity contribution in [1.82, 2.24) is 4.72 Å². The fraction of sp³-hybridized carbons (Fsp3) is 0.300. The van der Waals surface area contributed by atoms with Crippen LogP contribution in [0, 0.1) is 6.92 Å². The van der Waals surface area contributed by atoms with Gasteiger partial charge in [0.1, 0.15) is 0 Å². The first-order valence-corrected chi connectivity index (χ1v) is 10.1. The van der Waals surface area contributed by atoms with E-state index in [9.17, 15) is 18.0 Å². The maximum absolute atomic E-state index is 12.1. The third-order valence-electron chi connectivity index (χ3n) is 4.00. The topological polar surface area (TPSA) is 89.5 Å². The first-order chi connectivity index (χ1) is 12.8. The summed E-state index contributed by atoms with van der Waals surface area (Å²) in [5.41, 5.74) is 2.54. The number of hydrogen-bond acceptors (Lipinski definition) is 5. The van der Waals surface area contributed by atoms with Crippen molar-refractivity contribution >= 4 is 21.8 Å². The van der Waals surface area contributed by atoms with Crippen LogP contribution >= 0.6 is 0 Å². The van der Waals surface area contributed by atoms with Crippen LogP contribution in [0.3, 0.4) is 0 Å². The van der Waals surface area contributed by atoms with E-state index in [1.165, 1.54) is 12.1 Å². The van der Waals surface area contributed by atoms with Gasteiger partial charge in [-0.1, -0.05) is 48.9 Å². The van der Waals surface area contributed by atoms with E-state index < -0.39 is 16.0 Å². The number of nitrogens with one attached hydrogen (secondary N) is 1. The lowest BCUT2D eigenvalue weighted by molar-refractivity contribution is -0.142. The summed E-state index contributed by atoms with van der Waals surface area (Å²) in [4.78, 5) is 23.9. The van der Waals surface area contributed by atoms with Gasteiger partial charge < -0.3 is 4.74 Å². The molecule has 0 bridgehead atoms. The van der Waals surface area contributed by atoms with E-state index in [1.54, 1.807) is 24.3 Å². The van der Waals surface area contributed by atoms with E-state index >= 15 is 0 Å². The van der Waals surface area contributed by atoms with Crippen LogP contribution in [0.2, 0.25) is 0 Å². The molecule has 7 heteroatoms. The van der Waals surface area contributed by atoms with Gasteiger partial charge in [-0.2, -0.15) is 0 Å².